The van der Waals surface area contributed by atoms with Gasteiger partial charge in [-0.1, -0.05) is 18.2 Å². The molecule has 2 aromatic carbocycles. The van der Waals surface area contributed by atoms with Gasteiger partial charge in [-0.25, -0.2) is 4.79 Å². The minimum Gasteiger partial charge on any atom is -0.494 e. The zero-order chi connectivity index (χ0) is 27.9. The van der Waals surface area contributed by atoms with Crippen molar-refractivity contribution in [1.29, 1.82) is 0 Å². The van der Waals surface area contributed by atoms with Gasteiger partial charge in [0.15, 0.2) is 17.3 Å². The molecule has 2 aromatic rings. The van der Waals surface area contributed by atoms with E-state index in [4.69, 9.17) is 23.7 Å². The van der Waals surface area contributed by atoms with E-state index in [1.54, 1.807) is 14.2 Å². The Hall–Kier alpha value is -3.78. The Morgan fingerprint density at radius 3 is 2.46 bits per heavy atom. The van der Waals surface area contributed by atoms with E-state index in [9.17, 15) is 9.59 Å². The fraction of sp³-hybridized carbons (Fsp3) is 0.419. The van der Waals surface area contributed by atoms with Crippen LogP contribution in [-0.4, -0.2) is 52.4 Å². The van der Waals surface area contributed by atoms with E-state index in [0.29, 0.717) is 66.8 Å². The summed E-state index contributed by atoms with van der Waals surface area (Å²) in [6.45, 7) is 7.16. The van der Waals surface area contributed by atoms with Gasteiger partial charge in [0.05, 0.1) is 33.0 Å². The first kappa shape index (κ1) is 28.2. The molecule has 1 heterocycles. The molecular weight excluding hydrogens is 498 g/mol. The number of dihydropyridines is 1. The van der Waals surface area contributed by atoms with E-state index in [1.807, 2.05) is 63.2 Å². The van der Waals surface area contributed by atoms with Gasteiger partial charge in [0.25, 0.3) is 0 Å². The van der Waals surface area contributed by atoms with Crippen molar-refractivity contribution in [3.05, 3.63) is 76.1 Å². The highest BCUT2D eigenvalue weighted by atomic mass is 16.6. The first-order chi connectivity index (χ1) is 18.9. The maximum absolute atomic E-state index is 13.9. The van der Waals surface area contributed by atoms with E-state index < -0.39 is 11.9 Å². The lowest BCUT2D eigenvalue weighted by Crippen LogP contribution is -2.36. The molecule has 2 aliphatic rings. The van der Waals surface area contributed by atoms with Crippen molar-refractivity contribution in [1.82, 2.24) is 5.32 Å². The van der Waals surface area contributed by atoms with E-state index in [1.165, 1.54) is 0 Å². The Kier molecular flexibility index (Phi) is 9.30. The molecule has 4 rings (SSSR count). The van der Waals surface area contributed by atoms with E-state index in [0.717, 1.165) is 16.8 Å². The number of ketones is 1. The van der Waals surface area contributed by atoms with Gasteiger partial charge in [0, 0.05) is 35.9 Å². The van der Waals surface area contributed by atoms with Crippen LogP contribution in [0.1, 0.15) is 56.6 Å². The van der Waals surface area contributed by atoms with E-state index >= 15 is 0 Å². The molecule has 0 aromatic heterocycles. The van der Waals surface area contributed by atoms with Crippen molar-refractivity contribution in [3.8, 4) is 17.2 Å². The number of carbonyl (C=O) groups excluding carboxylic acids is 2. The van der Waals surface area contributed by atoms with Crippen LogP contribution in [0.5, 0.6) is 17.2 Å². The monoisotopic (exact) mass is 535 g/mol. The zero-order valence-electron chi connectivity index (χ0n) is 23.3. The van der Waals surface area contributed by atoms with Crippen molar-refractivity contribution < 1.29 is 33.3 Å². The highest BCUT2D eigenvalue weighted by Crippen LogP contribution is 2.47. The quantitative estimate of drug-likeness (QED) is 0.316. The van der Waals surface area contributed by atoms with Crippen LogP contribution in [0, 0.1) is 0 Å². The molecule has 0 fully saturated rings. The summed E-state index contributed by atoms with van der Waals surface area (Å²) in [5.41, 5.74) is 4.32. The Bertz CT molecular complexity index is 1280. The van der Waals surface area contributed by atoms with Crippen LogP contribution < -0.4 is 19.5 Å². The first-order valence-electron chi connectivity index (χ1n) is 13.3. The summed E-state index contributed by atoms with van der Waals surface area (Å²) in [4.78, 5) is 27.3. The van der Waals surface area contributed by atoms with Gasteiger partial charge in [-0.2, -0.15) is 0 Å². The summed E-state index contributed by atoms with van der Waals surface area (Å²) in [5, 5.41) is 3.39. The molecule has 39 heavy (non-hydrogen) atoms. The second kappa shape index (κ2) is 12.8. The predicted octanol–water partition coefficient (Wildman–Crippen LogP) is 5.04. The fourth-order valence-electron chi connectivity index (χ4n) is 5.35. The van der Waals surface area contributed by atoms with Gasteiger partial charge in [0.1, 0.15) is 12.4 Å². The van der Waals surface area contributed by atoms with Crippen LogP contribution in [0.2, 0.25) is 0 Å². The number of esters is 1. The second-order valence-corrected chi connectivity index (χ2v) is 9.47. The lowest BCUT2D eigenvalue weighted by atomic mass is 9.71. The van der Waals surface area contributed by atoms with E-state index in [2.05, 4.69) is 5.32 Å². The molecule has 0 unspecified atom stereocenters. The Morgan fingerprint density at radius 2 is 1.74 bits per heavy atom. The minimum absolute atomic E-state index is 0.0116. The maximum Gasteiger partial charge on any atom is 0.336 e. The topological polar surface area (TPSA) is 92.3 Å². The van der Waals surface area contributed by atoms with Gasteiger partial charge >= 0.3 is 5.97 Å². The number of benzene rings is 2. The molecule has 1 N–H and O–H groups in total. The Labute approximate surface area is 229 Å². The lowest BCUT2D eigenvalue weighted by molar-refractivity contribution is -0.140. The Balaban J connectivity index is 1.73. The third-order valence-corrected chi connectivity index (χ3v) is 7.09. The van der Waals surface area contributed by atoms with Crippen LogP contribution in [0.15, 0.2) is 65.0 Å². The zero-order valence-corrected chi connectivity index (χ0v) is 23.3. The van der Waals surface area contributed by atoms with Crippen molar-refractivity contribution in [2.45, 2.75) is 45.4 Å². The summed E-state index contributed by atoms with van der Waals surface area (Å²) in [6.07, 6.45) is 0.922. The minimum atomic E-state index is -0.569. The summed E-state index contributed by atoms with van der Waals surface area (Å²) in [7, 11) is 3.20. The highest BCUT2D eigenvalue weighted by molar-refractivity contribution is 6.04. The summed E-state index contributed by atoms with van der Waals surface area (Å²) in [6, 6.07) is 13.3. The molecule has 1 aliphatic carbocycles. The van der Waals surface area contributed by atoms with Crippen LogP contribution in [0.3, 0.4) is 0 Å². The standard InChI is InChI=1S/C31H37NO7/c1-6-37-13-14-39-31(34)28-19(3)32-24-16-22(20-11-12-26(35-4)27(18-20)36-5)17-25(33)30(24)29(28)21-9-8-10-23(15-21)38-7-2/h8-12,15,18,22,29,32H,6-7,13-14,16-17H2,1-5H3/t22-,29+/m0/s1. The molecule has 2 atom stereocenters. The van der Waals surface area contributed by atoms with Gasteiger partial charge in [-0.3, -0.25) is 4.79 Å². The average Bonchev–Trinajstić information content (AvgIpc) is 2.94. The number of ether oxygens (including phenoxy) is 5. The van der Waals surface area contributed by atoms with Crippen LogP contribution in [0.4, 0.5) is 0 Å². The number of hydrogen-bond donors (Lipinski definition) is 1. The first-order valence-corrected chi connectivity index (χ1v) is 13.3. The maximum atomic E-state index is 13.9. The number of carbonyl (C=O) groups is 2. The van der Waals surface area contributed by atoms with Crippen molar-refractivity contribution in [2.75, 3.05) is 40.6 Å². The predicted molar refractivity (Wildman–Crippen MR) is 147 cm³/mol. The molecule has 0 radical (unpaired) electrons. The Morgan fingerprint density at radius 1 is 0.949 bits per heavy atom. The molecule has 208 valence electrons. The third kappa shape index (κ3) is 6.11. The van der Waals surface area contributed by atoms with Crippen LogP contribution in [-0.2, 0) is 19.1 Å². The molecule has 0 bridgehead atoms. The smallest absolute Gasteiger partial charge is 0.336 e. The van der Waals surface area contributed by atoms with Crippen LogP contribution >= 0.6 is 0 Å². The van der Waals surface area contributed by atoms with Crippen molar-refractivity contribution in [2.24, 2.45) is 0 Å². The van der Waals surface area contributed by atoms with Gasteiger partial charge in [0.2, 0.25) is 0 Å². The summed E-state index contributed by atoms with van der Waals surface area (Å²) < 4.78 is 27.5. The number of allylic oxidation sites excluding steroid dienone is 3. The van der Waals surface area contributed by atoms with Crippen molar-refractivity contribution >= 4 is 11.8 Å². The normalized spacial score (nSPS) is 18.8. The average molecular weight is 536 g/mol. The van der Waals surface area contributed by atoms with Gasteiger partial charge < -0.3 is 29.0 Å². The number of rotatable bonds is 11. The van der Waals surface area contributed by atoms with E-state index in [-0.39, 0.29) is 18.3 Å². The van der Waals surface area contributed by atoms with Gasteiger partial charge in [-0.05, 0) is 68.5 Å². The summed E-state index contributed by atoms with van der Waals surface area (Å²) in [5.74, 6) is 0.850. The number of nitrogens with one attached hydrogen (secondary N) is 1. The summed E-state index contributed by atoms with van der Waals surface area (Å²) >= 11 is 0. The molecule has 8 nitrogen and oxygen atoms in total. The molecule has 8 heteroatoms. The largest absolute Gasteiger partial charge is 0.494 e. The SMILES string of the molecule is CCOCCOC(=O)C1=C(C)NC2=C(C(=O)C[C@@H](c3ccc(OC)c(OC)c3)C2)[C@@H]1c1cccc(OCC)c1. The number of hydrogen-bond acceptors (Lipinski definition) is 8. The molecule has 0 amide bonds. The number of Topliss-reactive ketones (excluding diaryl/α,β-unsaturated/α-hetero) is 1. The lowest BCUT2D eigenvalue weighted by Gasteiger charge is -2.37. The van der Waals surface area contributed by atoms with Crippen LogP contribution in [0.25, 0.3) is 0 Å². The van der Waals surface area contributed by atoms with Gasteiger partial charge in [-0.15, -0.1) is 0 Å². The number of methoxy groups -OCH3 is 2. The fourth-order valence-corrected chi connectivity index (χ4v) is 5.35. The molecule has 1 aliphatic heterocycles. The molecule has 0 saturated heterocycles. The molecular formula is C31H37NO7. The molecule has 0 saturated carbocycles. The second-order valence-electron chi connectivity index (χ2n) is 9.47. The molecule has 0 spiro atoms. The highest BCUT2D eigenvalue weighted by Gasteiger charge is 2.41. The third-order valence-electron chi connectivity index (χ3n) is 7.09. The van der Waals surface area contributed by atoms with Crippen molar-refractivity contribution in [3.63, 3.8) is 0 Å².